The van der Waals surface area contributed by atoms with E-state index in [1.807, 2.05) is 19.3 Å². The molecule has 0 aromatic carbocycles. The van der Waals surface area contributed by atoms with Gasteiger partial charge in [-0.3, -0.25) is 9.63 Å². The number of hydrogen-bond donors (Lipinski definition) is 4. The van der Waals surface area contributed by atoms with Crippen LogP contribution in [-0.2, 0) is 14.4 Å². The summed E-state index contributed by atoms with van der Waals surface area (Å²) >= 11 is 0. The van der Waals surface area contributed by atoms with E-state index in [0.717, 1.165) is 0 Å². The van der Waals surface area contributed by atoms with Crippen molar-refractivity contribution in [2.75, 3.05) is 13.2 Å². The molecule has 1 unspecified atom stereocenters. The average molecular weight is 261 g/mol. The highest BCUT2D eigenvalue weighted by Crippen LogP contribution is 1.89. The smallest absolute Gasteiger partial charge is 0.339 e. The van der Waals surface area contributed by atoms with Crippen LogP contribution in [0.25, 0.3) is 0 Å². The van der Waals surface area contributed by atoms with Gasteiger partial charge in [0.15, 0.2) is 6.61 Å². The number of carboxylic acids is 1. The van der Waals surface area contributed by atoms with Crippen molar-refractivity contribution in [1.29, 1.82) is 0 Å². The van der Waals surface area contributed by atoms with Crippen LogP contribution in [0.1, 0.15) is 20.8 Å². The number of nitrogens with one attached hydrogen (secondary N) is 3. The van der Waals surface area contributed by atoms with Crippen molar-refractivity contribution < 1.29 is 24.3 Å². The Morgan fingerprint density at radius 2 is 1.83 bits per heavy atom. The molecule has 8 heteroatoms. The second kappa shape index (κ2) is 8.29. The molecule has 0 radical (unpaired) electrons. The predicted molar refractivity (Wildman–Crippen MR) is 62.6 cm³/mol. The van der Waals surface area contributed by atoms with Gasteiger partial charge in [0.1, 0.15) is 6.04 Å². The summed E-state index contributed by atoms with van der Waals surface area (Å²) in [4.78, 5) is 37.1. The summed E-state index contributed by atoms with van der Waals surface area (Å²) in [5.74, 6) is -1.22. The fourth-order valence-electron chi connectivity index (χ4n) is 0.913. The molecule has 0 aliphatic heterocycles. The lowest BCUT2D eigenvalue weighted by Crippen LogP contribution is -2.49. The molecular formula is C10H19N3O5. The summed E-state index contributed by atoms with van der Waals surface area (Å²) in [6.07, 6.45) is 0. The van der Waals surface area contributed by atoms with Crippen molar-refractivity contribution >= 4 is 17.9 Å². The molecule has 0 heterocycles. The van der Waals surface area contributed by atoms with Crippen LogP contribution in [0.3, 0.4) is 0 Å². The Labute approximate surface area is 105 Å². The second-order valence-corrected chi connectivity index (χ2v) is 4.12. The topological polar surface area (TPSA) is 117 Å². The number of carbonyl (C=O) groups is 3. The summed E-state index contributed by atoms with van der Waals surface area (Å²) < 4.78 is 0. The molecule has 0 aliphatic rings. The van der Waals surface area contributed by atoms with Crippen LogP contribution in [0.5, 0.6) is 0 Å². The number of hydrogen-bond acceptors (Lipinski definition) is 4. The minimum Gasteiger partial charge on any atom is -0.479 e. The third-order valence-electron chi connectivity index (χ3n) is 1.79. The number of carbonyl (C=O) groups excluding carboxylic acids is 2. The van der Waals surface area contributed by atoms with Crippen molar-refractivity contribution in [2.24, 2.45) is 5.92 Å². The van der Waals surface area contributed by atoms with Gasteiger partial charge in [-0.1, -0.05) is 13.8 Å². The number of amides is 3. The first-order valence-corrected chi connectivity index (χ1v) is 5.50. The highest BCUT2D eigenvalue weighted by atomic mass is 16.7. The second-order valence-electron chi connectivity index (χ2n) is 4.12. The quantitative estimate of drug-likeness (QED) is 0.459. The van der Waals surface area contributed by atoms with Gasteiger partial charge in [0.25, 0.3) is 0 Å². The van der Waals surface area contributed by atoms with Gasteiger partial charge >= 0.3 is 12.0 Å². The average Bonchev–Trinajstić information content (AvgIpc) is 2.24. The molecular weight excluding hydrogens is 242 g/mol. The zero-order valence-electron chi connectivity index (χ0n) is 10.6. The molecule has 0 rings (SSSR count). The first-order chi connectivity index (χ1) is 8.32. The number of rotatable bonds is 7. The Kier molecular flexibility index (Phi) is 7.45. The SMILES string of the molecule is CC(C)CNC(=O)C(C)NC(=O)NOCC(=O)O. The maximum atomic E-state index is 11.5. The van der Waals surface area contributed by atoms with Crippen LogP contribution < -0.4 is 16.1 Å². The largest absolute Gasteiger partial charge is 0.479 e. The van der Waals surface area contributed by atoms with E-state index in [-0.39, 0.29) is 5.91 Å². The number of carboxylic acid groups (broad SMARTS) is 1. The highest BCUT2D eigenvalue weighted by Gasteiger charge is 2.15. The number of hydroxylamine groups is 1. The van der Waals surface area contributed by atoms with E-state index in [1.165, 1.54) is 6.92 Å². The molecule has 0 aromatic rings. The monoisotopic (exact) mass is 261 g/mol. The van der Waals surface area contributed by atoms with Gasteiger partial charge in [-0.25, -0.2) is 15.1 Å². The van der Waals surface area contributed by atoms with E-state index < -0.39 is 24.6 Å². The van der Waals surface area contributed by atoms with Crippen LogP contribution in [0, 0.1) is 5.92 Å². The van der Waals surface area contributed by atoms with Crippen molar-refractivity contribution in [2.45, 2.75) is 26.8 Å². The molecule has 3 amide bonds. The van der Waals surface area contributed by atoms with E-state index in [2.05, 4.69) is 15.5 Å². The summed E-state index contributed by atoms with van der Waals surface area (Å²) in [7, 11) is 0. The lowest BCUT2D eigenvalue weighted by atomic mass is 10.2. The van der Waals surface area contributed by atoms with Crippen molar-refractivity contribution in [3.8, 4) is 0 Å². The molecule has 0 saturated carbocycles. The third-order valence-corrected chi connectivity index (χ3v) is 1.79. The molecule has 0 aromatic heterocycles. The highest BCUT2D eigenvalue weighted by molar-refractivity contribution is 5.86. The van der Waals surface area contributed by atoms with E-state index in [0.29, 0.717) is 12.5 Å². The predicted octanol–water partition coefficient (Wildman–Crippen LogP) is -0.537. The zero-order chi connectivity index (χ0) is 14.1. The Hall–Kier alpha value is -1.83. The molecule has 0 bridgehead atoms. The van der Waals surface area contributed by atoms with Crippen LogP contribution >= 0.6 is 0 Å². The van der Waals surface area contributed by atoms with Gasteiger partial charge in [0.05, 0.1) is 0 Å². The maximum Gasteiger partial charge on any atom is 0.339 e. The van der Waals surface area contributed by atoms with E-state index in [1.54, 1.807) is 0 Å². The minimum absolute atomic E-state index is 0.314. The van der Waals surface area contributed by atoms with Crippen molar-refractivity contribution in [3.05, 3.63) is 0 Å². The summed E-state index contributed by atoms with van der Waals surface area (Å²) in [5, 5.41) is 13.2. The Balaban J connectivity index is 3.84. The standard InChI is InChI=1S/C10H19N3O5/c1-6(2)4-11-9(16)7(3)12-10(17)13-18-5-8(14)15/h6-7H,4-5H2,1-3H3,(H,11,16)(H,14,15)(H2,12,13,17). The summed E-state index contributed by atoms with van der Waals surface area (Å²) in [6.45, 7) is 5.27. The third kappa shape index (κ3) is 8.34. The van der Waals surface area contributed by atoms with Crippen LogP contribution in [-0.4, -0.2) is 42.2 Å². The van der Waals surface area contributed by atoms with Crippen LogP contribution in [0.15, 0.2) is 0 Å². The fraction of sp³-hybridized carbons (Fsp3) is 0.700. The van der Waals surface area contributed by atoms with E-state index in [9.17, 15) is 14.4 Å². The molecule has 4 N–H and O–H groups in total. The van der Waals surface area contributed by atoms with Crippen molar-refractivity contribution in [1.82, 2.24) is 16.1 Å². The maximum absolute atomic E-state index is 11.5. The Bertz CT molecular complexity index is 306. The van der Waals surface area contributed by atoms with Gasteiger partial charge < -0.3 is 15.7 Å². The molecule has 0 saturated heterocycles. The molecule has 0 fully saturated rings. The lowest BCUT2D eigenvalue weighted by molar-refractivity contribution is -0.144. The van der Waals surface area contributed by atoms with Gasteiger partial charge in [-0.05, 0) is 12.8 Å². The van der Waals surface area contributed by atoms with Gasteiger partial charge in [-0.15, -0.1) is 0 Å². The molecule has 0 aliphatic carbocycles. The van der Waals surface area contributed by atoms with Crippen LogP contribution in [0.4, 0.5) is 4.79 Å². The molecule has 18 heavy (non-hydrogen) atoms. The zero-order valence-corrected chi connectivity index (χ0v) is 10.6. The first-order valence-electron chi connectivity index (χ1n) is 5.50. The van der Waals surface area contributed by atoms with Gasteiger partial charge in [-0.2, -0.15) is 0 Å². The first kappa shape index (κ1) is 16.2. The summed E-state index contributed by atoms with van der Waals surface area (Å²) in [5.41, 5.74) is 1.85. The van der Waals surface area contributed by atoms with Crippen LogP contribution in [0.2, 0.25) is 0 Å². The minimum atomic E-state index is -1.21. The Morgan fingerprint density at radius 3 is 2.33 bits per heavy atom. The normalized spacial score (nSPS) is 11.8. The van der Waals surface area contributed by atoms with E-state index in [4.69, 9.17) is 5.11 Å². The molecule has 104 valence electrons. The van der Waals surface area contributed by atoms with Gasteiger partial charge in [0.2, 0.25) is 5.91 Å². The van der Waals surface area contributed by atoms with Gasteiger partial charge in [0, 0.05) is 6.54 Å². The van der Waals surface area contributed by atoms with E-state index >= 15 is 0 Å². The molecule has 8 nitrogen and oxygen atoms in total. The summed E-state index contributed by atoms with van der Waals surface area (Å²) in [6, 6.07) is -1.51. The number of aliphatic carboxylic acids is 1. The molecule has 0 spiro atoms. The fourth-order valence-corrected chi connectivity index (χ4v) is 0.913. The lowest BCUT2D eigenvalue weighted by Gasteiger charge is -2.15. The number of urea groups is 1. The van der Waals surface area contributed by atoms with Crippen molar-refractivity contribution in [3.63, 3.8) is 0 Å². The Morgan fingerprint density at radius 1 is 1.22 bits per heavy atom. The molecule has 1 atom stereocenters.